The highest BCUT2D eigenvalue weighted by Gasteiger charge is 2.19. The second kappa shape index (κ2) is 21.3. The molecule has 0 saturated heterocycles. The summed E-state index contributed by atoms with van der Waals surface area (Å²) in [5.74, 6) is 0.553. The normalized spacial score (nSPS) is 11.4. The van der Waals surface area contributed by atoms with E-state index in [0.29, 0.717) is 98.2 Å². The van der Waals surface area contributed by atoms with E-state index in [1.807, 2.05) is 20.8 Å². The van der Waals surface area contributed by atoms with Crippen LogP contribution in [0.2, 0.25) is 0 Å². The molecule has 0 spiro atoms. The Balaban J connectivity index is 1.76. The number of hydrogen-bond donors (Lipinski definition) is 0. The Hall–Kier alpha value is -2.55. The quantitative estimate of drug-likeness (QED) is 0.111. The fourth-order valence-electron chi connectivity index (χ4n) is 2.72. The largest absolute Gasteiger partial charge is 0.491 e. The first-order chi connectivity index (χ1) is 18.7. The van der Waals surface area contributed by atoms with Gasteiger partial charge in [0.15, 0.2) is 0 Å². The van der Waals surface area contributed by atoms with Crippen molar-refractivity contribution in [2.24, 2.45) is 0 Å². The van der Waals surface area contributed by atoms with Crippen molar-refractivity contribution in [2.75, 3.05) is 99.5 Å². The monoisotopic (exact) mass is 560 g/mol. The first kappa shape index (κ1) is 34.5. The highest BCUT2D eigenvalue weighted by Crippen LogP contribution is 2.17. The van der Waals surface area contributed by atoms with Crippen molar-refractivity contribution < 1.29 is 47.6 Å². The minimum Gasteiger partial charge on any atom is -0.491 e. The van der Waals surface area contributed by atoms with Crippen molar-refractivity contribution in [3.8, 4) is 5.75 Å². The van der Waals surface area contributed by atoms with Gasteiger partial charge in [-0.15, -0.1) is 0 Å². The van der Waals surface area contributed by atoms with Crippen molar-refractivity contribution in [3.63, 3.8) is 0 Å². The zero-order chi connectivity index (χ0) is 28.8. The van der Waals surface area contributed by atoms with Gasteiger partial charge >= 0.3 is 6.09 Å². The Kier molecular flexibility index (Phi) is 18.8. The third kappa shape index (κ3) is 20.1. The highest BCUT2D eigenvalue weighted by molar-refractivity contribution is 5.67. The number of rotatable bonds is 23. The van der Waals surface area contributed by atoms with Crippen LogP contribution in [0, 0.1) is 10.1 Å². The summed E-state index contributed by atoms with van der Waals surface area (Å²) in [5, 5.41) is 10.6. The number of hydrogen-bond acceptors (Lipinski definition) is 11. The van der Waals surface area contributed by atoms with Crippen LogP contribution < -0.4 is 4.74 Å². The van der Waals surface area contributed by atoms with Crippen molar-refractivity contribution >= 4 is 11.8 Å². The number of ether oxygens (including phenoxy) is 8. The van der Waals surface area contributed by atoms with Crippen LogP contribution in [0.5, 0.6) is 5.75 Å². The van der Waals surface area contributed by atoms with Crippen LogP contribution in [0.3, 0.4) is 0 Å². The maximum absolute atomic E-state index is 11.8. The molecule has 0 N–H and O–H groups in total. The van der Waals surface area contributed by atoms with E-state index in [4.69, 9.17) is 37.9 Å². The SMILES string of the molecule is CN(CCOCCOCCOCCOCCOCCOCCOc1ccc([N+](=O)[O-])cc1)C(=O)OC(C)(C)C. The van der Waals surface area contributed by atoms with Gasteiger partial charge in [-0.25, -0.2) is 4.79 Å². The molecule has 0 radical (unpaired) electrons. The Labute approximate surface area is 230 Å². The van der Waals surface area contributed by atoms with Gasteiger partial charge in [-0.05, 0) is 32.9 Å². The molecule has 39 heavy (non-hydrogen) atoms. The molecule has 0 aliphatic heterocycles. The van der Waals surface area contributed by atoms with E-state index in [1.54, 1.807) is 19.2 Å². The minimum absolute atomic E-state index is 0.0234. The van der Waals surface area contributed by atoms with Gasteiger partial charge in [0.05, 0.1) is 84.2 Å². The molecule has 13 heteroatoms. The predicted octanol–water partition coefficient (Wildman–Crippen LogP) is 2.94. The van der Waals surface area contributed by atoms with Gasteiger partial charge in [0.25, 0.3) is 5.69 Å². The maximum atomic E-state index is 11.8. The number of likely N-dealkylation sites (N-methyl/N-ethyl adjacent to an activating group) is 1. The molecule has 0 aromatic heterocycles. The average molecular weight is 561 g/mol. The Morgan fingerprint density at radius 3 is 1.49 bits per heavy atom. The lowest BCUT2D eigenvalue weighted by atomic mass is 10.2. The summed E-state index contributed by atoms with van der Waals surface area (Å²) < 4.78 is 43.3. The van der Waals surface area contributed by atoms with E-state index < -0.39 is 10.5 Å². The Bertz CT molecular complexity index is 772. The third-order valence-corrected chi connectivity index (χ3v) is 4.68. The molecular weight excluding hydrogens is 516 g/mol. The zero-order valence-corrected chi connectivity index (χ0v) is 23.6. The fourth-order valence-corrected chi connectivity index (χ4v) is 2.72. The molecule has 0 unspecified atom stereocenters. The Morgan fingerprint density at radius 2 is 1.10 bits per heavy atom. The summed E-state index contributed by atoms with van der Waals surface area (Å²) in [7, 11) is 1.67. The molecule has 224 valence electrons. The van der Waals surface area contributed by atoms with Gasteiger partial charge < -0.3 is 42.8 Å². The van der Waals surface area contributed by atoms with Crippen LogP contribution in [0.15, 0.2) is 24.3 Å². The van der Waals surface area contributed by atoms with Crippen molar-refractivity contribution in [3.05, 3.63) is 34.4 Å². The van der Waals surface area contributed by atoms with Crippen LogP contribution in [0.4, 0.5) is 10.5 Å². The topological polar surface area (TPSA) is 137 Å². The first-order valence-corrected chi connectivity index (χ1v) is 13.0. The van der Waals surface area contributed by atoms with E-state index in [1.165, 1.54) is 17.0 Å². The van der Waals surface area contributed by atoms with E-state index in [9.17, 15) is 14.9 Å². The third-order valence-electron chi connectivity index (χ3n) is 4.68. The Morgan fingerprint density at radius 1 is 0.718 bits per heavy atom. The molecule has 0 aliphatic carbocycles. The molecule has 1 rings (SSSR count). The van der Waals surface area contributed by atoms with Gasteiger partial charge in [-0.2, -0.15) is 0 Å². The number of carbonyl (C=O) groups is 1. The molecule has 13 nitrogen and oxygen atoms in total. The molecule has 0 fully saturated rings. The van der Waals surface area contributed by atoms with Crippen LogP contribution in [-0.2, 0) is 33.2 Å². The van der Waals surface area contributed by atoms with Crippen LogP contribution >= 0.6 is 0 Å². The molecule has 0 atom stereocenters. The van der Waals surface area contributed by atoms with Crippen LogP contribution in [0.1, 0.15) is 20.8 Å². The molecule has 0 aliphatic rings. The molecular formula is C26H44N2O11. The fraction of sp³-hybridized carbons (Fsp3) is 0.731. The average Bonchev–Trinajstić information content (AvgIpc) is 2.88. The lowest BCUT2D eigenvalue weighted by Crippen LogP contribution is -2.36. The van der Waals surface area contributed by atoms with Gasteiger partial charge in [0, 0.05) is 25.7 Å². The number of nitro groups is 1. The zero-order valence-electron chi connectivity index (χ0n) is 23.6. The minimum atomic E-state index is -0.514. The summed E-state index contributed by atoms with van der Waals surface area (Å²) in [5.41, 5.74) is -0.491. The summed E-state index contributed by atoms with van der Waals surface area (Å²) in [6, 6.07) is 5.89. The summed E-state index contributed by atoms with van der Waals surface area (Å²) in [4.78, 5) is 23.5. The maximum Gasteiger partial charge on any atom is 0.410 e. The van der Waals surface area contributed by atoms with Gasteiger partial charge in [-0.3, -0.25) is 10.1 Å². The van der Waals surface area contributed by atoms with Crippen LogP contribution in [-0.4, -0.2) is 121 Å². The van der Waals surface area contributed by atoms with Crippen LogP contribution in [0.25, 0.3) is 0 Å². The second-order valence-electron chi connectivity index (χ2n) is 9.18. The number of non-ortho nitro benzene ring substituents is 1. The molecule has 0 saturated carbocycles. The number of amides is 1. The van der Waals surface area contributed by atoms with E-state index in [0.717, 1.165) is 0 Å². The smallest absolute Gasteiger partial charge is 0.410 e. The summed E-state index contributed by atoms with van der Waals surface area (Å²) in [6.45, 7) is 11.6. The number of nitrogens with zero attached hydrogens (tertiary/aromatic N) is 2. The molecule has 1 amide bonds. The van der Waals surface area contributed by atoms with E-state index >= 15 is 0 Å². The van der Waals surface area contributed by atoms with Gasteiger partial charge in [-0.1, -0.05) is 0 Å². The number of nitro benzene ring substituents is 1. The van der Waals surface area contributed by atoms with Crippen molar-refractivity contribution in [1.82, 2.24) is 4.90 Å². The number of carbonyl (C=O) groups excluding carboxylic acids is 1. The first-order valence-electron chi connectivity index (χ1n) is 13.0. The van der Waals surface area contributed by atoms with E-state index in [2.05, 4.69) is 0 Å². The predicted molar refractivity (Wildman–Crippen MR) is 142 cm³/mol. The molecule has 0 heterocycles. The van der Waals surface area contributed by atoms with Crippen molar-refractivity contribution in [2.45, 2.75) is 26.4 Å². The van der Waals surface area contributed by atoms with Gasteiger partial charge in [0.1, 0.15) is 18.0 Å². The molecule has 1 aromatic carbocycles. The molecule has 1 aromatic rings. The molecule has 0 bridgehead atoms. The van der Waals surface area contributed by atoms with Gasteiger partial charge in [0.2, 0.25) is 0 Å². The second-order valence-corrected chi connectivity index (χ2v) is 9.18. The lowest BCUT2D eigenvalue weighted by Gasteiger charge is -2.24. The summed E-state index contributed by atoms with van der Waals surface area (Å²) in [6.07, 6.45) is -0.372. The van der Waals surface area contributed by atoms with Crippen molar-refractivity contribution in [1.29, 1.82) is 0 Å². The number of benzene rings is 1. The van der Waals surface area contributed by atoms with E-state index in [-0.39, 0.29) is 11.8 Å². The standard InChI is InChI=1S/C26H44N2O11/c1-26(2,3)39-25(29)27(4)9-10-32-11-12-33-13-14-34-15-16-35-17-18-36-19-20-37-21-22-38-24-7-5-23(6-8-24)28(30)31/h5-8H,9-22H2,1-4H3. The summed E-state index contributed by atoms with van der Waals surface area (Å²) >= 11 is 0. The highest BCUT2D eigenvalue weighted by atomic mass is 16.6. The lowest BCUT2D eigenvalue weighted by molar-refractivity contribution is -0.384.